The Balaban J connectivity index is 1.11. The average molecular weight is 818 g/mol. The van der Waals surface area contributed by atoms with Crippen molar-refractivity contribution in [3.63, 3.8) is 0 Å². The van der Waals surface area contributed by atoms with Gasteiger partial charge >= 0.3 is 0 Å². The van der Waals surface area contributed by atoms with Crippen LogP contribution in [0.3, 0.4) is 0 Å². The fourth-order valence-electron chi connectivity index (χ4n) is 11.3. The molecule has 10 aromatic rings. The van der Waals surface area contributed by atoms with Crippen LogP contribution in [0.4, 0.5) is 17.1 Å². The third-order valence-electron chi connectivity index (χ3n) is 14.3. The molecular weight excluding hydrogens is 771 g/mol. The lowest BCUT2D eigenvalue weighted by Gasteiger charge is -2.32. The summed E-state index contributed by atoms with van der Waals surface area (Å²) in [7, 11) is 0. The number of para-hydroxylation sites is 1. The molecule has 304 valence electrons. The Bertz CT molecular complexity index is 3430. The molecule has 0 saturated heterocycles. The van der Waals surface area contributed by atoms with Crippen molar-refractivity contribution in [2.75, 3.05) is 4.90 Å². The van der Waals surface area contributed by atoms with Crippen LogP contribution < -0.4 is 4.90 Å². The third-order valence-corrected chi connectivity index (χ3v) is 14.3. The van der Waals surface area contributed by atoms with E-state index in [2.05, 4.69) is 256 Å². The molecule has 0 aromatic heterocycles. The molecule has 10 aromatic carbocycles. The van der Waals surface area contributed by atoms with Gasteiger partial charge in [0.2, 0.25) is 0 Å². The standard InChI is InChI=1S/C63H47N/c1-62(2)56-35-13-10-29-51(56)55-34-19-32-49(61(55)62)44-24-16-27-46(40-44)64(47-38-39-52-50-28-11-14-36-57(50)63(3,58(52)41-47)45-25-8-5-9-26-45)59-37-15-12-30-53(59)54-33-18-23-43-22-17-31-48(60(43)54)42-20-6-4-7-21-42/h4-41H,1-3H3. The fraction of sp³-hybridized carbons (Fsp3) is 0.0794. The van der Waals surface area contributed by atoms with Crippen molar-refractivity contribution in [1.29, 1.82) is 0 Å². The average Bonchev–Trinajstić information content (AvgIpc) is 3.76. The molecule has 64 heavy (non-hydrogen) atoms. The van der Waals surface area contributed by atoms with E-state index in [9.17, 15) is 0 Å². The Morgan fingerprint density at radius 2 is 0.859 bits per heavy atom. The second-order valence-electron chi connectivity index (χ2n) is 18.1. The van der Waals surface area contributed by atoms with Gasteiger partial charge in [0.05, 0.1) is 5.69 Å². The zero-order valence-corrected chi connectivity index (χ0v) is 36.4. The maximum atomic E-state index is 2.51. The molecule has 0 heterocycles. The van der Waals surface area contributed by atoms with Crippen LogP contribution in [-0.2, 0) is 10.8 Å². The summed E-state index contributed by atoms with van der Waals surface area (Å²) in [6, 6.07) is 85.6. The topological polar surface area (TPSA) is 3.24 Å². The highest BCUT2D eigenvalue weighted by molar-refractivity contribution is 6.09. The van der Waals surface area contributed by atoms with Gasteiger partial charge in [0, 0.05) is 27.8 Å². The van der Waals surface area contributed by atoms with E-state index >= 15 is 0 Å². The van der Waals surface area contributed by atoms with Gasteiger partial charge in [0.1, 0.15) is 0 Å². The number of hydrogen-bond acceptors (Lipinski definition) is 1. The number of fused-ring (bicyclic) bond motifs is 7. The second-order valence-corrected chi connectivity index (χ2v) is 18.1. The maximum absolute atomic E-state index is 2.51. The van der Waals surface area contributed by atoms with Crippen molar-refractivity contribution in [2.45, 2.75) is 31.6 Å². The zero-order valence-electron chi connectivity index (χ0n) is 36.4. The van der Waals surface area contributed by atoms with Crippen LogP contribution in [0, 0.1) is 0 Å². The van der Waals surface area contributed by atoms with E-state index in [1.807, 2.05) is 0 Å². The summed E-state index contributed by atoms with van der Waals surface area (Å²) in [6.45, 7) is 7.17. The van der Waals surface area contributed by atoms with Crippen LogP contribution in [0.5, 0.6) is 0 Å². The summed E-state index contributed by atoms with van der Waals surface area (Å²) in [5.41, 5.74) is 22.1. The minimum atomic E-state index is -0.346. The second kappa shape index (κ2) is 14.7. The summed E-state index contributed by atoms with van der Waals surface area (Å²) in [4.78, 5) is 2.51. The molecule has 0 saturated carbocycles. The van der Waals surface area contributed by atoms with Gasteiger partial charge in [-0.1, -0.05) is 214 Å². The van der Waals surface area contributed by atoms with Gasteiger partial charge in [-0.05, 0) is 126 Å². The Hall–Kier alpha value is -7.74. The van der Waals surface area contributed by atoms with Crippen LogP contribution in [0.1, 0.15) is 48.6 Å². The minimum Gasteiger partial charge on any atom is -0.310 e. The van der Waals surface area contributed by atoms with E-state index < -0.39 is 0 Å². The molecule has 1 nitrogen and oxygen atoms in total. The van der Waals surface area contributed by atoms with E-state index in [0.29, 0.717) is 0 Å². The molecule has 0 aliphatic heterocycles. The first kappa shape index (κ1) is 38.0. The summed E-state index contributed by atoms with van der Waals surface area (Å²) in [6.07, 6.45) is 0. The molecule has 2 aliphatic rings. The highest BCUT2D eigenvalue weighted by atomic mass is 15.1. The first-order valence-corrected chi connectivity index (χ1v) is 22.5. The highest BCUT2D eigenvalue weighted by Crippen LogP contribution is 2.56. The Kier molecular flexibility index (Phi) is 8.71. The monoisotopic (exact) mass is 817 g/mol. The van der Waals surface area contributed by atoms with Crippen molar-refractivity contribution in [3.05, 3.63) is 258 Å². The molecule has 0 radical (unpaired) electrons. The first-order chi connectivity index (χ1) is 31.4. The van der Waals surface area contributed by atoms with Gasteiger partial charge in [-0.2, -0.15) is 0 Å². The molecule has 0 N–H and O–H groups in total. The number of nitrogens with zero attached hydrogens (tertiary/aromatic N) is 1. The van der Waals surface area contributed by atoms with Crippen LogP contribution >= 0.6 is 0 Å². The molecule has 1 unspecified atom stereocenters. The molecule has 0 bridgehead atoms. The SMILES string of the molecule is CC1(C)c2ccccc2-c2cccc(-c3cccc(N(c4ccc5c(c4)C(C)(c4ccccc4)c4ccccc4-5)c4ccccc4-c4cccc5cccc(-c6ccccc6)c45)c3)c21. The summed E-state index contributed by atoms with van der Waals surface area (Å²) in [5, 5.41) is 2.47. The van der Waals surface area contributed by atoms with Crippen molar-refractivity contribution in [2.24, 2.45) is 0 Å². The molecule has 12 rings (SSSR count). The van der Waals surface area contributed by atoms with E-state index in [-0.39, 0.29) is 10.8 Å². The third kappa shape index (κ3) is 5.70. The summed E-state index contributed by atoms with van der Waals surface area (Å²) >= 11 is 0. The molecule has 0 spiro atoms. The van der Waals surface area contributed by atoms with Crippen LogP contribution in [-0.4, -0.2) is 0 Å². The van der Waals surface area contributed by atoms with Gasteiger partial charge < -0.3 is 4.90 Å². The molecule has 1 atom stereocenters. The molecule has 2 aliphatic carbocycles. The lowest BCUT2D eigenvalue weighted by Crippen LogP contribution is -2.23. The van der Waals surface area contributed by atoms with Crippen LogP contribution in [0.25, 0.3) is 66.4 Å². The van der Waals surface area contributed by atoms with E-state index in [4.69, 9.17) is 0 Å². The van der Waals surface area contributed by atoms with Gasteiger partial charge in [-0.15, -0.1) is 0 Å². The van der Waals surface area contributed by atoms with E-state index in [0.717, 1.165) is 17.1 Å². The quantitative estimate of drug-likeness (QED) is 0.155. The molecule has 1 heteroatoms. The highest BCUT2D eigenvalue weighted by Gasteiger charge is 2.41. The van der Waals surface area contributed by atoms with Crippen molar-refractivity contribution in [1.82, 2.24) is 0 Å². The molecule has 0 amide bonds. The normalized spacial score (nSPS) is 15.3. The molecular formula is C63H47N. The number of rotatable bonds is 7. The first-order valence-electron chi connectivity index (χ1n) is 22.5. The van der Waals surface area contributed by atoms with Gasteiger partial charge in [-0.25, -0.2) is 0 Å². The predicted octanol–water partition coefficient (Wildman–Crippen LogP) is 17.0. The van der Waals surface area contributed by atoms with Gasteiger partial charge in [-0.3, -0.25) is 0 Å². The number of benzene rings is 10. The lowest BCUT2D eigenvalue weighted by molar-refractivity contribution is 0.662. The Morgan fingerprint density at radius 3 is 1.64 bits per heavy atom. The van der Waals surface area contributed by atoms with Crippen LogP contribution in [0.15, 0.2) is 231 Å². The Morgan fingerprint density at radius 1 is 0.328 bits per heavy atom. The van der Waals surface area contributed by atoms with Gasteiger partial charge in [0.15, 0.2) is 0 Å². The number of anilines is 3. The van der Waals surface area contributed by atoms with Crippen molar-refractivity contribution >= 4 is 27.8 Å². The predicted molar refractivity (Wildman–Crippen MR) is 270 cm³/mol. The van der Waals surface area contributed by atoms with Crippen molar-refractivity contribution < 1.29 is 0 Å². The number of hydrogen-bond donors (Lipinski definition) is 0. The van der Waals surface area contributed by atoms with E-state index in [1.54, 1.807) is 0 Å². The minimum absolute atomic E-state index is 0.146. The van der Waals surface area contributed by atoms with Crippen molar-refractivity contribution in [3.8, 4) is 55.6 Å². The summed E-state index contributed by atoms with van der Waals surface area (Å²) < 4.78 is 0. The van der Waals surface area contributed by atoms with E-state index in [1.165, 1.54) is 94.2 Å². The zero-order chi connectivity index (χ0) is 43.0. The largest absolute Gasteiger partial charge is 0.310 e. The van der Waals surface area contributed by atoms with Gasteiger partial charge in [0.25, 0.3) is 0 Å². The lowest BCUT2D eigenvalue weighted by atomic mass is 9.74. The smallest absolute Gasteiger partial charge is 0.0540 e. The maximum Gasteiger partial charge on any atom is 0.0540 e. The fourth-order valence-corrected chi connectivity index (χ4v) is 11.3. The molecule has 0 fully saturated rings. The summed E-state index contributed by atoms with van der Waals surface area (Å²) in [5.74, 6) is 0. The van der Waals surface area contributed by atoms with Crippen LogP contribution in [0.2, 0.25) is 0 Å². The Labute approximate surface area is 376 Å².